The molecule has 0 aliphatic rings. The zero-order valence-corrected chi connectivity index (χ0v) is 13.1. The molecule has 1 aromatic carbocycles. The molecule has 0 bridgehead atoms. The van der Waals surface area contributed by atoms with Gasteiger partial charge in [-0.2, -0.15) is 0 Å². The summed E-state index contributed by atoms with van der Waals surface area (Å²) in [4.78, 5) is 22.8. The summed E-state index contributed by atoms with van der Waals surface area (Å²) >= 11 is 0. The van der Waals surface area contributed by atoms with Crippen molar-refractivity contribution >= 4 is 28.8 Å². The molecule has 0 fully saturated rings. The number of nitrogens with one attached hydrogen (secondary N) is 1. The lowest BCUT2D eigenvalue weighted by atomic mass is 10.0. The monoisotopic (exact) mass is 309 g/mol. The number of benzene rings is 1. The van der Waals surface area contributed by atoms with Crippen LogP contribution in [0.4, 0.5) is 0 Å². The second-order valence-electron chi connectivity index (χ2n) is 4.81. The lowest BCUT2D eigenvalue weighted by Crippen LogP contribution is -2.36. The van der Waals surface area contributed by atoms with Gasteiger partial charge in [-0.1, -0.05) is 12.1 Å². The number of hydrogen-bond acceptors (Lipinski definition) is 3. The van der Waals surface area contributed by atoms with Gasteiger partial charge in [0.25, 0.3) is 5.91 Å². The van der Waals surface area contributed by atoms with Gasteiger partial charge in [0.2, 0.25) is 0 Å². The molecule has 2 N–H and O–H groups in total. The van der Waals surface area contributed by atoms with Crippen molar-refractivity contribution < 1.29 is 18.9 Å². The van der Waals surface area contributed by atoms with Crippen molar-refractivity contribution in [3.05, 3.63) is 41.0 Å². The molecule has 2 atom stereocenters. The normalized spacial score (nSPS) is 13.9. The Morgan fingerprint density at radius 3 is 2.67 bits per heavy atom. The van der Waals surface area contributed by atoms with Crippen molar-refractivity contribution in [1.82, 2.24) is 5.32 Å². The SMILES string of the molecule is Cc1c(/C=C/C(=O)O)cccc1C(=O)NC(C)CS(C)=O. The second-order valence-corrected chi connectivity index (χ2v) is 6.29. The van der Waals surface area contributed by atoms with Crippen molar-refractivity contribution in [1.29, 1.82) is 0 Å². The minimum atomic E-state index is -1.04. The number of rotatable bonds is 6. The molecule has 21 heavy (non-hydrogen) atoms. The summed E-state index contributed by atoms with van der Waals surface area (Å²) in [6, 6.07) is 4.93. The second kappa shape index (κ2) is 7.73. The average molecular weight is 309 g/mol. The molecule has 1 rings (SSSR count). The number of aliphatic carboxylic acids is 1. The number of hydrogen-bond donors (Lipinski definition) is 2. The summed E-state index contributed by atoms with van der Waals surface area (Å²) in [6.45, 7) is 3.56. The zero-order chi connectivity index (χ0) is 16.0. The Morgan fingerprint density at radius 1 is 1.43 bits per heavy atom. The number of carbonyl (C=O) groups excluding carboxylic acids is 1. The van der Waals surface area contributed by atoms with Crippen molar-refractivity contribution in [2.75, 3.05) is 12.0 Å². The quantitative estimate of drug-likeness (QED) is 0.782. The number of carbonyl (C=O) groups is 2. The molecule has 5 nitrogen and oxygen atoms in total. The van der Waals surface area contributed by atoms with Crippen molar-refractivity contribution in [2.24, 2.45) is 0 Å². The summed E-state index contributed by atoms with van der Waals surface area (Å²) in [5.74, 6) is -0.900. The van der Waals surface area contributed by atoms with E-state index in [0.29, 0.717) is 22.4 Å². The lowest BCUT2D eigenvalue weighted by molar-refractivity contribution is -0.131. The van der Waals surface area contributed by atoms with E-state index >= 15 is 0 Å². The Hall–Kier alpha value is -1.95. The van der Waals surface area contributed by atoms with Gasteiger partial charge in [-0.15, -0.1) is 0 Å². The maximum Gasteiger partial charge on any atom is 0.328 e. The molecule has 0 aromatic heterocycles. The van der Waals surface area contributed by atoms with E-state index in [1.54, 1.807) is 38.3 Å². The van der Waals surface area contributed by atoms with Gasteiger partial charge in [0.1, 0.15) is 0 Å². The molecule has 0 spiro atoms. The first-order valence-electron chi connectivity index (χ1n) is 6.42. The molecule has 0 aliphatic heterocycles. The molecule has 114 valence electrons. The van der Waals surface area contributed by atoms with Gasteiger partial charge in [0.15, 0.2) is 0 Å². The summed E-state index contributed by atoms with van der Waals surface area (Å²) < 4.78 is 11.1. The molecule has 1 amide bonds. The molecular formula is C15H19NO4S. The molecule has 0 saturated carbocycles. The minimum Gasteiger partial charge on any atom is -0.478 e. The van der Waals surface area contributed by atoms with E-state index in [2.05, 4.69) is 5.32 Å². The third kappa shape index (κ3) is 5.51. The first kappa shape index (κ1) is 17.1. The van der Waals surface area contributed by atoms with Gasteiger partial charge in [-0.25, -0.2) is 4.79 Å². The highest BCUT2D eigenvalue weighted by Gasteiger charge is 2.14. The van der Waals surface area contributed by atoms with Crippen LogP contribution in [0.3, 0.4) is 0 Å². The first-order valence-corrected chi connectivity index (χ1v) is 8.15. The number of carboxylic acid groups (broad SMARTS) is 1. The highest BCUT2D eigenvalue weighted by Crippen LogP contribution is 2.15. The Bertz CT molecular complexity index is 595. The van der Waals surface area contributed by atoms with E-state index in [1.165, 1.54) is 6.08 Å². The van der Waals surface area contributed by atoms with Crippen LogP contribution < -0.4 is 5.32 Å². The van der Waals surface area contributed by atoms with E-state index in [4.69, 9.17) is 5.11 Å². The molecule has 2 unspecified atom stereocenters. The average Bonchev–Trinajstić information content (AvgIpc) is 2.36. The lowest BCUT2D eigenvalue weighted by Gasteiger charge is -2.14. The fourth-order valence-electron chi connectivity index (χ4n) is 1.94. The fraction of sp³-hybridized carbons (Fsp3) is 0.333. The van der Waals surface area contributed by atoms with Crippen LogP contribution in [0.5, 0.6) is 0 Å². The first-order chi connectivity index (χ1) is 9.81. The van der Waals surface area contributed by atoms with Crippen LogP contribution in [-0.2, 0) is 15.6 Å². The maximum absolute atomic E-state index is 12.2. The summed E-state index contributed by atoms with van der Waals surface area (Å²) in [5, 5.41) is 11.4. The highest BCUT2D eigenvalue weighted by atomic mass is 32.2. The maximum atomic E-state index is 12.2. The molecule has 0 saturated heterocycles. The summed E-state index contributed by atoms with van der Waals surface area (Å²) in [6.07, 6.45) is 4.08. The molecule has 1 aromatic rings. The molecule has 0 aliphatic carbocycles. The predicted octanol–water partition coefficient (Wildman–Crippen LogP) is 1.59. The molecular weight excluding hydrogens is 290 g/mol. The summed E-state index contributed by atoms with van der Waals surface area (Å²) in [7, 11) is -0.978. The van der Waals surface area contributed by atoms with Crippen LogP contribution in [-0.4, -0.2) is 39.2 Å². The molecule has 0 heterocycles. The topological polar surface area (TPSA) is 83.5 Å². The van der Waals surface area contributed by atoms with Gasteiger partial charge in [0, 0.05) is 40.5 Å². The van der Waals surface area contributed by atoms with Crippen molar-refractivity contribution in [3.8, 4) is 0 Å². The largest absolute Gasteiger partial charge is 0.478 e. The van der Waals surface area contributed by atoms with E-state index in [-0.39, 0.29) is 11.9 Å². The van der Waals surface area contributed by atoms with Crippen LogP contribution in [0.25, 0.3) is 6.08 Å². The minimum absolute atomic E-state index is 0.194. The number of carboxylic acids is 1. The van der Waals surface area contributed by atoms with Gasteiger partial charge >= 0.3 is 5.97 Å². The Kier molecular flexibility index (Phi) is 6.30. The van der Waals surface area contributed by atoms with E-state index in [0.717, 1.165) is 6.08 Å². The van der Waals surface area contributed by atoms with Crippen LogP contribution in [0, 0.1) is 6.92 Å². The zero-order valence-electron chi connectivity index (χ0n) is 12.3. The Morgan fingerprint density at radius 2 is 2.10 bits per heavy atom. The predicted molar refractivity (Wildman–Crippen MR) is 83.7 cm³/mol. The van der Waals surface area contributed by atoms with Crippen LogP contribution >= 0.6 is 0 Å². The highest BCUT2D eigenvalue weighted by molar-refractivity contribution is 7.84. The van der Waals surface area contributed by atoms with Gasteiger partial charge in [-0.3, -0.25) is 9.00 Å². The fourth-order valence-corrected chi connectivity index (χ4v) is 2.72. The number of amides is 1. The molecule has 6 heteroatoms. The van der Waals surface area contributed by atoms with Crippen LogP contribution in [0.2, 0.25) is 0 Å². The molecule has 0 radical (unpaired) electrons. The third-order valence-electron chi connectivity index (χ3n) is 2.89. The van der Waals surface area contributed by atoms with Crippen molar-refractivity contribution in [3.63, 3.8) is 0 Å². The Labute approximate surface area is 126 Å². The third-order valence-corrected chi connectivity index (χ3v) is 3.86. The Balaban J connectivity index is 2.93. The standard InChI is InChI=1S/C15H19NO4S/c1-10(9-21(3)20)16-15(19)13-6-4-5-12(11(13)2)7-8-14(17)18/h4-8,10H,9H2,1-3H3,(H,16,19)(H,17,18)/b8-7+. The van der Waals surface area contributed by atoms with Gasteiger partial charge in [-0.05, 0) is 37.1 Å². The van der Waals surface area contributed by atoms with E-state index in [9.17, 15) is 13.8 Å². The van der Waals surface area contributed by atoms with Gasteiger partial charge < -0.3 is 10.4 Å². The van der Waals surface area contributed by atoms with Gasteiger partial charge in [0.05, 0.1) is 0 Å². The van der Waals surface area contributed by atoms with Crippen LogP contribution in [0.1, 0.15) is 28.4 Å². The van der Waals surface area contributed by atoms with E-state index < -0.39 is 16.8 Å². The van der Waals surface area contributed by atoms with Crippen molar-refractivity contribution in [2.45, 2.75) is 19.9 Å². The van der Waals surface area contributed by atoms with E-state index in [1.807, 2.05) is 0 Å². The summed E-state index contributed by atoms with van der Waals surface area (Å²) in [5.41, 5.74) is 1.87. The smallest absolute Gasteiger partial charge is 0.328 e. The van der Waals surface area contributed by atoms with Crippen LogP contribution in [0.15, 0.2) is 24.3 Å².